The van der Waals surface area contributed by atoms with Crippen LogP contribution in [0, 0.1) is 17.3 Å². The summed E-state index contributed by atoms with van der Waals surface area (Å²) in [6.45, 7) is 7.42. The molecule has 4 heteroatoms. The van der Waals surface area contributed by atoms with Crippen LogP contribution < -0.4 is 5.32 Å². The van der Waals surface area contributed by atoms with Gasteiger partial charge in [-0.15, -0.1) is 0 Å². The molecule has 1 aliphatic carbocycles. The van der Waals surface area contributed by atoms with Crippen molar-refractivity contribution < 1.29 is 9.59 Å². The molecule has 4 nitrogen and oxygen atoms in total. The van der Waals surface area contributed by atoms with Crippen LogP contribution >= 0.6 is 0 Å². The Balaban J connectivity index is 2.56. The molecule has 0 bridgehead atoms. The maximum Gasteiger partial charge on any atom is 0.223 e. The zero-order valence-electron chi connectivity index (χ0n) is 14.4. The van der Waals surface area contributed by atoms with Crippen molar-refractivity contribution in [3.8, 4) is 0 Å². The number of nitrogens with one attached hydrogen (secondary N) is 1. The van der Waals surface area contributed by atoms with Crippen LogP contribution in [0.5, 0.6) is 0 Å². The molecule has 0 saturated heterocycles. The van der Waals surface area contributed by atoms with Gasteiger partial charge in [0.2, 0.25) is 5.91 Å². The van der Waals surface area contributed by atoms with E-state index in [4.69, 9.17) is 0 Å². The van der Waals surface area contributed by atoms with Gasteiger partial charge in [-0.05, 0) is 32.9 Å². The third-order valence-corrected chi connectivity index (χ3v) is 4.39. The number of Topliss-reactive ketones (excluding diaryl/α,β-unsaturated/α-hetero) is 1. The van der Waals surface area contributed by atoms with Crippen molar-refractivity contribution in [3.63, 3.8) is 0 Å². The molecule has 1 aliphatic rings. The second-order valence-corrected chi connectivity index (χ2v) is 7.62. The number of ketones is 1. The first kappa shape index (κ1) is 18.1. The number of hydrogen-bond donors (Lipinski definition) is 1. The molecule has 0 heterocycles. The minimum atomic E-state index is -0.302. The molecule has 0 spiro atoms. The summed E-state index contributed by atoms with van der Waals surface area (Å²) >= 11 is 0. The Bertz CT molecular complexity index is 358. The van der Waals surface area contributed by atoms with Gasteiger partial charge in [0, 0.05) is 30.8 Å². The Morgan fingerprint density at radius 2 is 1.76 bits per heavy atom. The Morgan fingerprint density at radius 1 is 1.14 bits per heavy atom. The van der Waals surface area contributed by atoms with Crippen LogP contribution in [0.2, 0.25) is 0 Å². The molecule has 1 amide bonds. The summed E-state index contributed by atoms with van der Waals surface area (Å²) in [6, 6.07) is 0. The molecule has 1 saturated carbocycles. The quantitative estimate of drug-likeness (QED) is 0.819. The molecule has 0 aromatic carbocycles. The molecular formula is C17H32N2O2. The van der Waals surface area contributed by atoms with Crippen LogP contribution in [0.15, 0.2) is 0 Å². The topological polar surface area (TPSA) is 49.4 Å². The second-order valence-electron chi connectivity index (χ2n) is 7.62. The number of hydrogen-bond acceptors (Lipinski definition) is 3. The lowest BCUT2D eigenvalue weighted by molar-refractivity contribution is -0.131. The van der Waals surface area contributed by atoms with Crippen molar-refractivity contribution in [1.82, 2.24) is 10.2 Å². The summed E-state index contributed by atoms with van der Waals surface area (Å²) in [7, 11) is 4.00. The Morgan fingerprint density at radius 3 is 2.33 bits per heavy atom. The Kier molecular flexibility index (Phi) is 6.85. The van der Waals surface area contributed by atoms with Crippen LogP contribution in [0.3, 0.4) is 0 Å². The number of amides is 1. The average Bonchev–Trinajstić information content (AvgIpc) is 2.37. The number of likely N-dealkylation sites (N-methyl/N-ethyl adjacent to an activating group) is 1. The van der Waals surface area contributed by atoms with Gasteiger partial charge in [-0.1, -0.05) is 33.6 Å². The minimum absolute atomic E-state index is 0.0206. The summed E-state index contributed by atoms with van der Waals surface area (Å²) in [5.41, 5.74) is -0.302. The Labute approximate surface area is 129 Å². The maximum atomic E-state index is 12.4. The van der Waals surface area contributed by atoms with Crippen LogP contribution in [0.4, 0.5) is 0 Å². The lowest BCUT2D eigenvalue weighted by Gasteiger charge is -2.32. The van der Waals surface area contributed by atoms with E-state index in [-0.39, 0.29) is 28.9 Å². The highest BCUT2D eigenvalue weighted by molar-refractivity contribution is 5.85. The van der Waals surface area contributed by atoms with Crippen molar-refractivity contribution in [2.45, 2.75) is 52.9 Å². The summed E-state index contributed by atoms with van der Waals surface area (Å²) in [6.07, 6.45) is 4.73. The standard InChI is InChI=1S/C17H32N2O2/c1-17(2,3)15(20)12-13-8-6-7-9-14(13)16(21)18-10-11-19(4)5/h13-14H,6-12H2,1-5H3,(H,18,21)/t13-,14?/m1/s1. The van der Waals surface area contributed by atoms with E-state index in [0.717, 1.165) is 32.2 Å². The first-order valence-corrected chi connectivity index (χ1v) is 8.17. The fraction of sp³-hybridized carbons (Fsp3) is 0.882. The first-order chi connectivity index (χ1) is 9.71. The number of nitrogens with zero attached hydrogens (tertiary/aromatic N) is 1. The largest absolute Gasteiger partial charge is 0.355 e. The van der Waals surface area contributed by atoms with Crippen molar-refractivity contribution >= 4 is 11.7 Å². The van der Waals surface area contributed by atoms with Gasteiger partial charge < -0.3 is 10.2 Å². The zero-order chi connectivity index (χ0) is 16.0. The summed E-state index contributed by atoms with van der Waals surface area (Å²) in [4.78, 5) is 26.7. The average molecular weight is 296 g/mol. The van der Waals surface area contributed by atoms with E-state index < -0.39 is 0 Å². The third kappa shape index (κ3) is 6.16. The summed E-state index contributed by atoms with van der Waals surface area (Å²) in [5, 5.41) is 3.03. The van der Waals surface area contributed by atoms with Gasteiger partial charge in [-0.2, -0.15) is 0 Å². The minimum Gasteiger partial charge on any atom is -0.355 e. The van der Waals surface area contributed by atoms with Crippen molar-refractivity contribution in [2.75, 3.05) is 27.2 Å². The van der Waals surface area contributed by atoms with Crippen molar-refractivity contribution in [3.05, 3.63) is 0 Å². The molecule has 1 rings (SSSR count). The first-order valence-electron chi connectivity index (χ1n) is 8.17. The number of carbonyl (C=O) groups is 2. The predicted octanol–water partition coefficient (Wildman–Crippen LogP) is 2.48. The van der Waals surface area contributed by atoms with Gasteiger partial charge in [0.25, 0.3) is 0 Å². The molecule has 2 atom stereocenters. The number of rotatable bonds is 6. The number of carbonyl (C=O) groups excluding carboxylic acids is 2. The maximum absolute atomic E-state index is 12.4. The fourth-order valence-electron chi connectivity index (χ4n) is 2.88. The van der Waals surface area contributed by atoms with E-state index >= 15 is 0 Å². The summed E-state index contributed by atoms with van der Waals surface area (Å²) < 4.78 is 0. The Hall–Kier alpha value is -0.900. The normalized spacial score (nSPS) is 23.1. The molecule has 1 unspecified atom stereocenters. The molecule has 1 N–H and O–H groups in total. The molecule has 0 aromatic heterocycles. The molecular weight excluding hydrogens is 264 g/mol. The molecule has 122 valence electrons. The molecule has 0 aliphatic heterocycles. The third-order valence-electron chi connectivity index (χ3n) is 4.39. The van der Waals surface area contributed by atoms with Gasteiger partial charge in [0.1, 0.15) is 5.78 Å². The van der Waals surface area contributed by atoms with Crippen molar-refractivity contribution in [2.24, 2.45) is 17.3 Å². The highest BCUT2D eigenvalue weighted by Gasteiger charge is 2.34. The zero-order valence-corrected chi connectivity index (χ0v) is 14.4. The van der Waals surface area contributed by atoms with E-state index in [2.05, 4.69) is 10.2 Å². The van der Waals surface area contributed by atoms with E-state index in [1.54, 1.807) is 0 Å². The smallest absolute Gasteiger partial charge is 0.223 e. The van der Waals surface area contributed by atoms with Gasteiger partial charge >= 0.3 is 0 Å². The van der Waals surface area contributed by atoms with Gasteiger partial charge in [-0.3, -0.25) is 9.59 Å². The van der Waals surface area contributed by atoms with Gasteiger partial charge in [-0.25, -0.2) is 0 Å². The monoisotopic (exact) mass is 296 g/mol. The fourth-order valence-corrected chi connectivity index (χ4v) is 2.88. The lowest BCUT2D eigenvalue weighted by Crippen LogP contribution is -2.40. The van der Waals surface area contributed by atoms with Crippen LogP contribution in [0.25, 0.3) is 0 Å². The van der Waals surface area contributed by atoms with Crippen LogP contribution in [-0.2, 0) is 9.59 Å². The van der Waals surface area contributed by atoms with Crippen LogP contribution in [0.1, 0.15) is 52.9 Å². The molecule has 0 aromatic rings. The van der Waals surface area contributed by atoms with Gasteiger partial charge in [0.05, 0.1) is 0 Å². The van der Waals surface area contributed by atoms with E-state index in [1.165, 1.54) is 0 Å². The molecule has 1 fully saturated rings. The lowest BCUT2D eigenvalue weighted by atomic mass is 9.73. The highest BCUT2D eigenvalue weighted by Crippen LogP contribution is 2.34. The van der Waals surface area contributed by atoms with Crippen molar-refractivity contribution in [1.29, 1.82) is 0 Å². The molecule has 0 radical (unpaired) electrons. The summed E-state index contributed by atoms with van der Waals surface area (Å²) in [5.74, 6) is 0.667. The SMILES string of the molecule is CN(C)CCNC(=O)C1CCCC[C@@H]1CC(=O)C(C)(C)C. The predicted molar refractivity (Wildman–Crippen MR) is 86.1 cm³/mol. The van der Waals surface area contributed by atoms with Crippen LogP contribution in [-0.4, -0.2) is 43.8 Å². The second kappa shape index (κ2) is 7.92. The van der Waals surface area contributed by atoms with E-state index in [9.17, 15) is 9.59 Å². The molecule has 21 heavy (non-hydrogen) atoms. The van der Waals surface area contributed by atoms with E-state index in [1.807, 2.05) is 34.9 Å². The van der Waals surface area contributed by atoms with E-state index in [0.29, 0.717) is 13.0 Å². The van der Waals surface area contributed by atoms with Gasteiger partial charge in [0.15, 0.2) is 0 Å². The highest BCUT2D eigenvalue weighted by atomic mass is 16.2.